The molecule has 0 aliphatic heterocycles. The second-order valence-corrected chi connectivity index (χ2v) is 4.34. The normalized spacial score (nSPS) is 10.2. The Bertz CT molecular complexity index is 666. The molecule has 22 heavy (non-hydrogen) atoms. The van der Waals surface area contributed by atoms with E-state index in [0.717, 1.165) is 23.3 Å². The first kappa shape index (κ1) is 15.2. The van der Waals surface area contributed by atoms with Crippen LogP contribution in [0, 0.1) is 0 Å². The molecule has 0 saturated heterocycles. The van der Waals surface area contributed by atoms with E-state index in [1.165, 1.54) is 0 Å². The summed E-state index contributed by atoms with van der Waals surface area (Å²) < 4.78 is 0. The number of amides is 1. The van der Waals surface area contributed by atoms with E-state index in [2.05, 4.69) is 10.5 Å². The van der Waals surface area contributed by atoms with Gasteiger partial charge in [-0.15, -0.1) is 0 Å². The predicted octanol–water partition coefficient (Wildman–Crippen LogP) is 2.20. The lowest BCUT2D eigenvalue weighted by Crippen LogP contribution is -2.18. The number of carboxylic acids is 1. The van der Waals surface area contributed by atoms with Gasteiger partial charge in [-0.25, -0.2) is 10.2 Å². The third-order valence-electron chi connectivity index (χ3n) is 2.75. The number of hydrogen-bond acceptors (Lipinski definition) is 3. The molecule has 2 aromatic carbocycles. The average molecular weight is 294 g/mol. The Morgan fingerprint density at radius 1 is 0.864 bits per heavy atom. The van der Waals surface area contributed by atoms with Crippen molar-refractivity contribution in [3.05, 3.63) is 83.9 Å². The zero-order chi connectivity index (χ0) is 15.8. The van der Waals surface area contributed by atoms with Crippen LogP contribution in [-0.2, 0) is 9.59 Å². The average Bonchev–Trinajstić information content (AvgIpc) is 2.55. The SMILES string of the molecule is O=C(O)C=CC(=O)NN=C(c1ccccc1)c1ccccc1. The van der Waals surface area contributed by atoms with Crippen molar-refractivity contribution < 1.29 is 14.7 Å². The summed E-state index contributed by atoms with van der Waals surface area (Å²) in [7, 11) is 0. The van der Waals surface area contributed by atoms with Crippen molar-refractivity contribution in [1.82, 2.24) is 5.43 Å². The summed E-state index contributed by atoms with van der Waals surface area (Å²) in [4.78, 5) is 21.9. The molecule has 2 N–H and O–H groups in total. The predicted molar refractivity (Wildman–Crippen MR) is 83.4 cm³/mol. The van der Waals surface area contributed by atoms with E-state index in [1.54, 1.807) is 0 Å². The van der Waals surface area contributed by atoms with Crippen molar-refractivity contribution in [3.8, 4) is 0 Å². The number of rotatable bonds is 5. The van der Waals surface area contributed by atoms with E-state index in [1.807, 2.05) is 60.7 Å². The molecule has 5 nitrogen and oxygen atoms in total. The fourth-order valence-corrected chi connectivity index (χ4v) is 1.78. The Hall–Kier alpha value is -3.21. The lowest BCUT2D eigenvalue weighted by Gasteiger charge is -2.07. The van der Waals surface area contributed by atoms with Gasteiger partial charge in [-0.1, -0.05) is 60.7 Å². The molecule has 0 bridgehead atoms. The zero-order valence-corrected chi connectivity index (χ0v) is 11.6. The number of carbonyl (C=O) groups is 2. The van der Waals surface area contributed by atoms with Gasteiger partial charge < -0.3 is 5.11 Å². The Morgan fingerprint density at radius 2 is 1.36 bits per heavy atom. The van der Waals surface area contributed by atoms with Crippen LogP contribution in [0.3, 0.4) is 0 Å². The summed E-state index contributed by atoms with van der Waals surface area (Å²) in [5, 5.41) is 12.6. The van der Waals surface area contributed by atoms with Crippen LogP contribution in [0.5, 0.6) is 0 Å². The largest absolute Gasteiger partial charge is 0.478 e. The zero-order valence-electron chi connectivity index (χ0n) is 11.6. The molecule has 5 heteroatoms. The monoisotopic (exact) mass is 294 g/mol. The highest BCUT2D eigenvalue weighted by molar-refractivity contribution is 6.13. The van der Waals surface area contributed by atoms with Crippen molar-refractivity contribution in [2.45, 2.75) is 0 Å². The Labute approximate surface area is 127 Å². The van der Waals surface area contributed by atoms with Crippen LogP contribution in [0.25, 0.3) is 0 Å². The highest BCUT2D eigenvalue weighted by Gasteiger charge is 2.07. The summed E-state index contributed by atoms with van der Waals surface area (Å²) in [6.45, 7) is 0. The second kappa shape index (κ2) is 7.54. The number of hydrazone groups is 1. The molecule has 110 valence electrons. The maximum atomic E-state index is 11.5. The van der Waals surface area contributed by atoms with E-state index in [-0.39, 0.29) is 0 Å². The smallest absolute Gasteiger partial charge is 0.328 e. The summed E-state index contributed by atoms with van der Waals surface area (Å²) in [6.07, 6.45) is 1.68. The van der Waals surface area contributed by atoms with Gasteiger partial charge in [0.2, 0.25) is 0 Å². The van der Waals surface area contributed by atoms with Gasteiger partial charge in [-0.05, 0) is 0 Å². The quantitative estimate of drug-likeness (QED) is 0.504. The number of nitrogens with zero attached hydrogens (tertiary/aromatic N) is 1. The molecule has 0 aliphatic carbocycles. The summed E-state index contributed by atoms with van der Waals surface area (Å²) in [5.41, 5.74) is 4.62. The molecule has 0 heterocycles. The molecule has 1 amide bonds. The van der Waals surface area contributed by atoms with Crippen molar-refractivity contribution in [2.75, 3.05) is 0 Å². The van der Waals surface area contributed by atoms with Crippen molar-refractivity contribution in [3.63, 3.8) is 0 Å². The van der Waals surface area contributed by atoms with E-state index in [0.29, 0.717) is 5.71 Å². The summed E-state index contributed by atoms with van der Waals surface area (Å²) >= 11 is 0. The van der Waals surface area contributed by atoms with Gasteiger partial charge in [-0.3, -0.25) is 4.79 Å². The summed E-state index contributed by atoms with van der Waals surface area (Å²) in [6, 6.07) is 18.8. The number of hydrogen-bond donors (Lipinski definition) is 2. The van der Waals surface area contributed by atoms with Gasteiger partial charge in [0.05, 0.1) is 5.71 Å². The van der Waals surface area contributed by atoms with Gasteiger partial charge >= 0.3 is 5.97 Å². The van der Waals surface area contributed by atoms with E-state index < -0.39 is 11.9 Å². The minimum atomic E-state index is -1.19. The molecule has 0 unspecified atom stereocenters. The van der Waals surface area contributed by atoms with Gasteiger partial charge in [0.1, 0.15) is 0 Å². The van der Waals surface area contributed by atoms with Crippen LogP contribution in [0.2, 0.25) is 0 Å². The molecule has 0 saturated carbocycles. The molecular weight excluding hydrogens is 280 g/mol. The second-order valence-electron chi connectivity index (χ2n) is 4.34. The first-order chi connectivity index (χ1) is 10.7. The highest BCUT2D eigenvalue weighted by Crippen LogP contribution is 2.10. The molecule has 0 atom stereocenters. The van der Waals surface area contributed by atoms with E-state index in [4.69, 9.17) is 5.11 Å². The van der Waals surface area contributed by atoms with Crippen LogP contribution < -0.4 is 5.43 Å². The minimum absolute atomic E-state index is 0.596. The molecule has 0 radical (unpaired) electrons. The molecule has 0 aromatic heterocycles. The lowest BCUT2D eigenvalue weighted by atomic mass is 10.0. The number of carbonyl (C=O) groups excluding carboxylic acids is 1. The number of benzene rings is 2. The molecule has 0 fully saturated rings. The maximum Gasteiger partial charge on any atom is 0.328 e. The van der Waals surface area contributed by atoms with Crippen LogP contribution >= 0.6 is 0 Å². The Morgan fingerprint density at radius 3 is 1.82 bits per heavy atom. The standard InChI is InChI=1S/C17H14N2O3/c20-15(11-12-16(21)22)18-19-17(13-7-3-1-4-8-13)14-9-5-2-6-10-14/h1-12H,(H,18,20)(H,21,22). The topological polar surface area (TPSA) is 78.8 Å². The molecular formula is C17H14N2O3. The van der Waals surface area contributed by atoms with E-state index in [9.17, 15) is 9.59 Å². The molecule has 0 spiro atoms. The minimum Gasteiger partial charge on any atom is -0.478 e. The number of nitrogens with one attached hydrogen (secondary N) is 1. The first-order valence-corrected chi connectivity index (χ1v) is 6.56. The third-order valence-corrected chi connectivity index (χ3v) is 2.75. The highest BCUT2D eigenvalue weighted by atomic mass is 16.4. The van der Waals surface area contributed by atoms with Crippen LogP contribution in [0.15, 0.2) is 77.9 Å². The van der Waals surface area contributed by atoms with Crippen molar-refractivity contribution in [1.29, 1.82) is 0 Å². The van der Waals surface area contributed by atoms with Gasteiger partial charge in [0.15, 0.2) is 0 Å². The Kier molecular flexibility index (Phi) is 5.20. The van der Waals surface area contributed by atoms with E-state index >= 15 is 0 Å². The van der Waals surface area contributed by atoms with Crippen molar-refractivity contribution >= 4 is 17.6 Å². The maximum absolute atomic E-state index is 11.5. The van der Waals surface area contributed by atoms with Gasteiger partial charge in [-0.2, -0.15) is 5.10 Å². The van der Waals surface area contributed by atoms with Crippen LogP contribution in [0.1, 0.15) is 11.1 Å². The van der Waals surface area contributed by atoms with Gasteiger partial charge in [0.25, 0.3) is 5.91 Å². The van der Waals surface area contributed by atoms with Gasteiger partial charge in [0, 0.05) is 23.3 Å². The van der Waals surface area contributed by atoms with Crippen LogP contribution in [0.4, 0.5) is 0 Å². The number of aliphatic carboxylic acids is 1. The molecule has 2 rings (SSSR count). The van der Waals surface area contributed by atoms with Crippen molar-refractivity contribution in [2.24, 2.45) is 5.10 Å². The fourth-order valence-electron chi connectivity index (χ4n) is 1.78. The third kappa shape index (κ3) is 4.42. The lowest BCUT2D eigenvalue weighted by molar-refractivity contribution is -0.131. The van der Waals surface area contributed by atoms with Crippen LogP contribution in [-0.4, -0.2) is 22.7 Å². The fraction of sp³-hybridized carbons (Fsp3) is 0. The summed E-state index contributed by atoms with van der Waals surface area (Å²) in [5.74, 6) is -1.79. The molecule has 2 aromatic rings. The Balaban J connectivity index is 2.28. The number of carboxylic acid groups (broad SMARTS) is 1. The molecule has 0 aliphatic rings. The first-order valence-electron chi connectivity index (χ1n) is 6.56.